The molecular weight excluding hydrogens is 194 g/mol. The number of nitrogens with zero attached hydrogens (tertiary/aromatic N) is 2. The summed E-state index contributed by atoms with van der Waals surface area (Å²) < 4.78 is 5.55. The second-order valence-electron chi connectivity index (χ2n) is 4.02. The molecule has 88 valence electrons. The van der Waals surface area contributed by atoms with Gasteiger partial charge < -0.3 is 15.7 Å². The van der Waals surface area contributed by atoms with E-state index in [1.54, 1.807) is 0 Å². The maximum atomic E-state index is 8.65. The summed E-state index contributed by atoms with van der Waals surface area (Å²) in [6, 6.07) is -0.000741. The Kier molecular flexibility index (Phi) is 4.84. The molecule has 15 heavy (non-hydrogen) atoms. The first-order chi connectivity index (χ1) is 7.19. The predicted molar refractivity (Wildman–Crippen MR) is 59.1 cm³/mol. The van der Waals surface area contributed by atoms with E-state index in [4.69, 9.17) is 15.7 Å². The number of hydrogen-bond acceptors (Lipinski definition) is 4. The third-order valence-electron chi connectivity index (χ3n) is 2.89. The Morgan fingerprint density at radius 3 is 2.93 bits per heavy atom. The van der Waals surface area contributed by atoms with Gasteiger partial charge in [-0.2, -0.15) is 0 Å². The number of nitrogens with two attached hydrogens (primary N) is 1. The van der Waals surface area contributed by atoms with Crippen LogP contribution >= 0.6 is 0 Å². The molecule has 3 N–H and O–H groups in total. The van der Waals surface area contributed by atoms with Gasteiger partial charge in [0.2, 0.25) is 0 Å². The van der Waals surface area contributed by atoms with Crippen LogP contribution in [0.3, 0.4) is 0 Å². The summed E-state index contributed by atoms with van der Waals surface area (Å²) in [5, 5.41) is 11.7. The molecule has 0 radical (unpaired) electrons. The highest BCUT2D eigenvalue weighted by atomic mass is 16.5. The number of rotatable bonds is 5. The quantitative estimate of drug-likeness (QED) is 0.305. The topological polar surface area (TPSA) is 71.1 Å². The molecule has 5 heteroatoms. The number of likely N-dealkylation sites (N-methyl/N-ethyl adjacent to an activating group) is 1. The van der Waals surface area contributed by atoms with Crippen molar-refractivity contribution in [3.63, 3.8) is 0 Å². The minimum absolute atomic E-state index is 0.000741. The Morgan fingerprint density at radius 2 is 2.47 bits per heavy atom. The van der Waals surface area contributed by atoms with Crippen LogP contribution in [-0.4, -0.2) is 48.3 Å². The molecule has 5 nitrogen and oxygen atoms in total. The van der Waals surface area contributed by atoms with Crippen molar-refractivity contribution in [3.05, 3.63) is 0 Å². The molecule has 0 bridgehead atoms. The molecule has 1 aliphatic heterocycles. The van der Waals surface area contributed by atoms with Crippen molar-refractivity contribution in [3.8, 4) is 0 Å². The van der Waals surface area contributed by atoms with Gasteiger partial charge in [-0.3, -0.25) is 4.90 Å². The fourth-order valence-corrected chi connectivity index (χ4v) is 2.05. The number of hydrogen-bond donors (Lipinski definition) is 2. The van der Waals surface area contributed by atoms with Crippen molar-refractivity contribution >= 4 is 5.84 Å². The normalized spacial score (nSPS) is 24.7. The monoisotopic (exact) mass is 215 g/mol. The summed E-state index contributed by atoms with van der Waals surface area (Å²) in [6.07, 6.45) is 3.38. The van der Waals surface area contributed by atoms with Gasteiger partial charge in [-0.15, -0.1) is 0 Å². The smallest absolute Gasteiger partial charge is 0.156 e. The van der Waals surface area contributed by atoms with E-state index in [0.717, 1.165) is 32.4 Å². The minimum Gasteiger partial charge on any atom is -0.409 e. The number of ether oxygens (including phenoxy) is 1. The second kappa shape index (κ2) is 5.92. The molecule has 0 aromatic rings. The Bertz CT molecular complexity index is 215. The SMILES string of the molecule is CCC(C(N)=NO)N(C)CC1CCCO1. The van der Waals surface area contributed by atoms with Gasteiger partial charge in [-0.05, 0) is 26.3 Å². The first-order valence-electron chi connectivity index (χ1n) is 5.48. The zero-order valence-electron chi connectivity index (χ0n) is 9.52. The molecule has 0 aromatic heterocycles. The molecule has 1 heterocycles. The molecule has 1 saturated heterocycles. The van der Waals surface area contributed by atoms with Crippen molar-refractivity contribution < 1.29 is 9.94 Å². The molecule has 1 aliphatic rings. The van der Waals surface area contributed by atoms with Crippen molar-refractivity contribution in [1.29, 1.82) is 0 Å². The molecule has 2 atom stereocenters. The summed E-state index contributed by atoms with van der Waals surface area (Å²) in [4.78, 5) is 2.09. The lowest BCUT2D eigenvalue weighted by Crippen LogP contribution is -2.45. The van der Waals surface area contributed by atoms with Gasteiger partial charge in [-0.25, -0.2) is 0 Å². The molecule has 0 spiro atoms. The average molecular weight is 215 g/mol. The predicted octanol–water partition coefficient (Wildman–Crippen LogP) is 0.622. The number of oxime groups is 1. The molecular formula is C10H21N3O2. The molecule has 2 unspecified atom stereocenters. The standard InChI is InChI=1S/C10H21N3O2/c1-3-9(10(11)12-14)13(2)7-8-5-4-6-15-8/h8-9,14H,3-7H2,1-2H3,(H2,11,12). The van der Waals surface area contributed by atoms with Crippen LogP contribution in [0.25, 0.3) is 0 Å². The molecule has 0 saturated carbocycles. The summed E-state index contributed by atoms with van der Waals surface area (Å²) in [5.74, 6) is 0.276. The summed E-state index contributed by atoms with van der Waals surface area (Å²) in [5.41, 5.74) is 5.62. The molecule has 1 rings (SSSR count). The third kappa shape index (κ3) is 3.35. The maximum absolute atomic E-state index is 8.65. The van der Waals surface area contributed by atoms with Crippen molar-refractivity contribution in [2.75, 3.05) is 20.2 Å². The minimum atomic E-state index is -0.000741. The summed E-state index contributed by atoms with van der Waals surface area (Å²) in [7, 11) is 1.98. The molecule has 1 fully saturated rings. The van der Waals surface area contributed by atoms with E-state index in [1.807, 2.05) is 14.0 Å². The molecule has 0 aromatic carbocycles. The van der Waals surface area contributed by atoms with Gasteiger partial charge in [-0.1, -0.05) is 12.1 Å². The van der Waals surface area contributed by atoms with Gasteiger partial charge in [0.25, 0.3) is 0 Å². The van der Waals surface area contributed by atoms with Crippen LogP contribution in [0.5, 0.6) is 0 Å². The lowest BCUT2D eigenvalue weighted by atomic mass is 10.1. The van der Waals surface area contributed by atoms with Gasteiger partial charge in [0.1, 0.15) is 0 Å². The van der Waals surface area contributed by atoms with Crippen molar-refractivity contribution in [2.24, 2.45) is 10.9 Å². The number of amidine groups is 1. The second-order valence-corrected chi connectivity index (χ2v) is 4.02. The van der Waals surface area contributed by atoms with E-state index in [9.17, 15) is 0 Å². The average Bonchev–Trinajstić information content (AvgIpc) is 2.71. The van der Waals surface area contributed by atoms with E-state index >= 15 is 0 Å². The zero-order chi connectivity index (χ0) is 11.3. The van der Waals surface area contributed by atoms with Crippen LogP contribution in [0.15, 0.2) is 5.16 Å². The lowest BCUT2D eigenvalue weighted by molar-refractivity contribution is 0.0751. The van der Waals surface area contributed by atoms with Crippen LogP contribution in [-0.2, 0) is 4.74 Å². The Balaban J connectivity index is 2.45. The highest BCUT2D eigenvalue weighted by molar-refractivity contribution is 5.85. The maximum Gasteiger partial charge on any atom is 0.156 e. The molecule has 0 amide bonds. The van der Waals surface area contributed by atoms with Crippen LogP contribution in [0.4, 0.5) is 0 Å². The van der Waals surface area contributed by atoms with E-state index < -0.39 is 0 Å². The lowest BCUT2D eigenvalue weighted by Gasteiger charge is -2.27. The summed E-state index contributed by atoms with van der Waals surface area (Å²) in [6.45, 7) is 3.72. The first-order valence-corrected chi connectivity index (χ1v) is 5.48. The van der Waals surface area contributed by atoms with Gasteiger partial charge in [0, 0.05) is 13.2 Å². The van der Waals surface area contributed by atoms with Gasteiger partial charge >= 0.3 is 0 Å². The third-order valence-corrected chi connectivity index (χ3v) is 2.89. The van der Waals surface area contributed by atoms with E-state index in [0.29, 0.717) is 6.10 Å². The van der Waals surface area contributed by atoms with Gasteiger partial charge in [0.15, 0.2) is 5.84 Å². The van der Waals surface area contributed by atoms with Crippen LogP contribution in [0, 0.1) is 0 Å². The van der Waals surface area contributed by atoms with E-state index in [2.05, 4.69) is 10.1 Å². The van der Waals surface area contributed by atoms with Crippen LogP contribution in [0.1, 0.15) is 26.2 Å². The largest absolute Gasteiger partial charge is 0.409 e. The Hall–Kier alpha value is -0.810. The first kappa shape index (κ1) is 12.3. The zero-order valence-corrected chi connectivity index (χ0v) is 9.52. The van der Waals surface area contributed by atoms with Gasteiger partial charge in [0.05, 0.1) is 12.1 Å². The highest BCUT2D eigenvalue weighted by Crippen LogP contribution is 2.14. The Labute approximate surface area is 90.9 Å². The van der Waals surface area contributed by atoms with E-state index in [1.165, 1.54) is 0 Å². The van der Waals surface area contributed by atoms with Crippen molar-refractivity contribution in [2.45, 2.75) is 38.3 Å². The van der Waals surface area contributed by atoms with E-state index in [-0.39, 0.29) is 11.9 Å². The van der Waals surface area contributed by atoms with Crippen LogP contribution < -0.4 is 5.73 Å². The fraction of sp³-hybridized carbons (Fsp3) is 0.900. The highest BCUT2D eigenvalue weighted by Gasteiger charge is 2.23. The molecule has 0 aliphatic carbocycles. The van der Waals surface area contributed by atoms with Crippen molar-refractivity contribution in [1.82, 2.24) is 4.90 Å². The van der Waals surface area contributed by atoms with Crippen LogP contribution in [0.2, 0.25) is 0 Å². The Morgan fingerprint density at radius 1 is 1.73 bits per heavy atom. The fourth-order valence-electron chi connectivity index (χ4n) is 2.05. The summed E-state index contributed by atoms with van der Waals surface area (Å²) >= 11 is 0.